The highest BCUT2D eigenvalue weighted by atomic mass is 16.7. The molecule has 0 spiro atoms. The lowest BCUT2D eigenvalue weighted by molar-refractivity contribution is -0.199. The predicted octanol–water partition coefficient (Wildman–Crippen LogP) is 11.0. The van der Waals surface area contributed by atoms with Crippen molar-refractivity contribution in [1.29, 1.82) is 0 Å². The average Bonchev–Trinajstić information content (AvgIpc) is 1.60. The third-order valence-corrected chi connectivity index (χ3v) is 16.7. The number of carboxylic acids is 1. The van der Waals surface area contributed by atoms with Crippen LogP contribution in [0.3, 0.4) is 0 Å². The van der Waals surface area contributed by atoms with Crippen molar-refractivity contribution in [3.8, 4) is 11.5 Å². The summed E-state index contributed by atoms with van der Waals surface area (Å²) in [7, 11) is 1.74. The molecule has 0 saturated carbocycles. The molecule has 4 fully saturated rings. The van der Waals surface area contributed by atoms with Crippen molar-refractivity contribution in [1.82, 2.24) is 14.4 Å². The lowest BCUT2D eigenvalue weighted by Crippen LogP contribution is -2.57. The number of carboxylic acid groups (broad SMARTS) is 1. The summed E-state index contributed by atoms with van der Waals surface area (Å²) in [6, 6.07) is 15.2. The van der Waals surface area contributed by atoms with Gasteiger partial charge >= 0.3 is 24.3 Å². The van der Waals surface area contributed by atoms with E-state index >= 15 is 0 Å². The number of carbonyl (C=O) groups excluding carboxylic acids is 8. The number of amides is 6. The molecule has 0 aliphatic carbocycles. The minimum Gasteiger partial charge on any atom is -0.493 e. The van der Waals surface area contributed by atoms with Gasteiger partial charge in [0.1, 0.15) is 30.4 Å². The number of nitrogens with one attached hydrogen (secondary N) is 2. The van der Waals surface area contributed by atoms with Gasteiger partial charge in [0.2, 0.25) is 5.91 Å². The quantitative estimate of drug-likeness (QED) is 0.0516. The van der Waals surface area contributed by atoms with Crippen LogP contribution < -0.4 is 29.9 Å². The number of fused-ring (bicyclic) bond motifs is 4. The second-order valence-electron chi connectivity index (χ2n) is 23.5. The van der Waals surface area contributed by atoms with Gasteiger partial charge in [-0.15, -0.1) is 0 Å². The molecule has 6 aliphatic heterocycles. The Bertz CT molecular complexity index is 3330. The van der Waals surface area contributed by atoms with E-state index in [1.807, 2.05) is 54.8 Å². The molecule has 6 aliphatic rings. The molecule has 0 radical (unpaired) electrons. The average molecular weight is 1300 g/mol. The van der Waals surface area contributed by atoms with Crippen molar-refractivity contribution < 1.29 is 86.2 Å². The van der Waals surface area contributed by atoms with E-state index in [1.54, 1.807) is 48.1 Å². The van der Waals surface area contributed by atoms with Gasteiger partial charge in [-0.3, -0.25) is 24.0 Å². The first-order valence-electron chi connectivity index (χ1n) is 31.8. The molecule has 3 N–H and O–H groups in total. The summed E-state index contributed by atoms with van der Waals surface area (Å²) in [4.78, 5) is 115. The Labute approximate surface area is 548 Å². The lowest BCUT2D eigenvalue weighted by Gasteiger charge is -2.42. The number of carbonyl (C=O) groups is 7. The number of ether oxygens (including phenoxy) is 8. The van der Waals surface area contributed by atoms with Crippen molar-refractivity contribution in [2.45, 2.75) is 168 Å². The Morgan fingerprint density at radius 1 is 0.638 bits per heavy atom. The highest BCUT2D eigenvalue weighted by Gasteiger charge is 2.49. The maximum Gasteiger partial charge on any atom is 0.416 e. The van der Waals surface area contributed by atoms with Gasteiger partial charge in [-0.1, -0.05) is 50.4 Å². The molecule has 3 aromatic carbocycles. The second-order valence-corrected chi connectivity index (χ2v) is 23.5. The maximum absolute atomic E-state index is 14.1. The van der Waals surface area contributed by atoms with Crippen molar-refractivity contribution in [2.75, 3.05) is 73.2 Å². The van der Waals surface area contributed by atoms with Crippen LogP contribution in [0.15, 0.2) is 86.1 Å². The number of hydrogen-bond donors (Lipinski definition) is 3. The van der Waals surface area contributed by atoms with E-state index in [-0.39, 0.29) is 82.5 Å². The van der Waals surface area contributed by atoms with E-state index in [9.17, 15) is 33.6 Å². The van der Waals surface area contributed by atoms with Gasteiger partial charge in [-0.2, -0.15) is 9.59 Å². The molecule has 6 amide bonds. The first-order valence-corrected chi connectivity index (χ1v) is 31.8. The summed E-state index contributed by atoms with van der Waals surface area (Å²) in [6.45, 7) is 15.6. The van der Waals surface area contributed by atoms with Gasteiger partial charge in [0.15, 0.2) is 25.0 Å². The molecule has 25 nitrogen and oxygen atoms in total. The molecule has 25 heteroatoms. The molecule has 4 aromatic rings. The Kier molecular flexibility index (Phi) is 27.3. The zero-order valence-electron chi connectivity index (χ0n) is 53.4. The van der Waals surface area contributed by atoms with Crippen LogP contribution in [-0.2, 0) is 54.6 Å². The summed E-state index contributed by atoms with van der Waals surface area (Å²) >= 11 is 0. The summed E-state index contributed by atoms with van der Waals surface area (Å²) in [5.74, 6) is -0.824. The highest BCUT2D eigenvalue weighted by molar-refractivity contribution is 6.07. The fraction of sp³-hybridized carbons (Fsp3) is 0.507. The molecule has 4 saturated heterocycles. The van der Waals surface area contributed by atoms with Crippen LogP contribution in [0.25, 0.3) is 0 Å². The zero-order valence-corrected chi connectivity index (χ0v) is 53.4. The van der Waals surface area contributed by atoms with Crippen molar-refractivity contribution in [3.63, 3.8) is 0 Å². The van der Waals surface area contributed by atoms with E-state index in [4.69, 9.17) is 52.6 Å². The van der Waals surface area contributed by atoms with Crippen molar-refractivity contribution in [2.24, 2.45) is 7.05 Å². The van der Waals surface area contributed by atoms with Crippen LogP contribution in [0.1, 0.15) is 158 Å². The van der Waals surface area contributed by atoms with Crippen LogP contribution in [0.4, 0.5) is 32.3 Å². The number of piperidine rings is 2. The summed E-state index contributed by atoms with van der Waals surface area (Å²) in [6.07, 6.45) is 11.8. The topological polar surface area (TPSA) is 290 Å². The van der Waals surface area contributed by atoms with Gasteiger partial charge < -0.3 is 68.0 Å². The van der Waals surface area contributed by atoms with E-state index in [0.717, 1.165) is 56.9 Å². The van der Waals surface area contributed by atoms with E-state index in [0.29, 0.717) is 127 Å². The number of benzene rings is 3. The number of aromatic nitrogens is 1. The molecule has 4 unspecified atom stereocenters. The monoisotopic (exact) mass is 1300 g/mol. The summed E-state index contributed by atoms with van der Waals surface area (Å²) < 4.78 is 49.7. The summed E-state index contributed by atoms with van der Waals surface area (Å²) in [5.41, 5.74) is 5.52. The smallest absolute Gasteiger partial charge is 0.416 e. The fourth-order valence-electron chi connectivity index (χ4n) is 12.1. The first kappa shape index (κ1) is 72.6. The minimum absolute atomic E-state index is 0. The molecule has 0 bridgehead atoms. The van der Waals surface area contributed by atoms with Crippen LogP contribution in [0.2, 0.25) is 0 Å². The molecular formula is C69H89N7O18. The van der Waals surface area contributed by atoms with Gasteiger partial charge in [0.05, 0.1) is 53.5 Å². The SMILES string of the molecule is C.C=CCOC(=O)N1c2cc(OCCCC(=O)Nc3cc(C(=O)Nc4ccc(C)cc4)n(C)c3)c(C)cc2C(=O)N2CCCC[C@H]2C1OC1CCCCO1.C=CCOC(=O)N1c2cc(OCCCC(=O)O)c(C)cc2C(=O)N2CCCC[C@H]2C1OC1CCCCO1.O=C=O. The Balaban J connectivity index is 0.000000267. The lowest BCUT2D eigenvalue weighted by atomic mass is 10.00. The van der Waals surface area contributed by atoms with E-state index < -0.39 is 49.2 Å². The number of hydrogen-bond acceptors (Lipinski definition) is 17. The number of rotatable bonds is 21. The number of aryl methyl sites for hydroxylation is 4. The number of anilines is 4. The van der Waals surface area contributed by atoms with Gasteiger partial charge in [-0.25, -0.2) is 19.4 Å². The maximum atomic E-state index is 14.1. The second kappa shape index (κ2) is 35.4. The largest absolute Gasteiger partial charge is 0.493 e. The Hall–Kier alpha value is -8.87. The van der Waals surface area contributed by atoms with Crippen molar-refractivity contribution in [3.05, 3.63) is 120 Å². The first-order chi connectivity index (χ1) is 44.9. The molecule has 7 heterocycles. The molecule has 508 valence electrons. The normalized spacial score (nSPS) is 20.5. The Morgan fingerprint density at radius 3 is 1.55 bits per heavy atom. The van der Waals surface area contributed by atoms with E-state index in [1.165, 1.54) is 22.0 Å². The van der Waals surface area contributed by atoms with Gasteiger partial charge in [0.25, 0.3) is 17.7 Å². The van der Waals surface area contributed by atoms with Gasteiger partial charge in [-0.05, 0) is 152 Å². The number of aliphatic carboxylic acids is 1. The van der Waals surface area contributed by atoms with Crippen molar-refractivity contribution >= 4 is 70.7 Å². The molecule has 94 heavy (non-hydrogen) atoms. The number of nitrogens with zero attached hydrogens (tertiary/aromatic N) is 5. The van der Waals surface area contributed by atoms with Crippen LogP contribution in [-0.4, -0.2) is 157 Å². The molecule has 1 aromatic heterocycles. The van der Waals surface area contributed by atoms with Crippen LogP contribution in [0, 0.1) is 20.8 Å². The Morgan fingerprint density at radius 2 is 1.11 bits per heavy atom. The summed E-state index contributed by atoms with van der Waals surface area (Å²) in [5, 5.41) is 14.7. The predicted molar refractivity (Wildman–Crippen MR) is 347 cm³/mol. The highest BCUT2D eigenvalue weighted by Crippen LogP contribution is 2.42. The van der Waals surface area contributed by atoms with E-state index in [2.05, 4.69) is 23.8 Å². The third kappa shape index (κ3) is 18.7. The fourth-order valence-corrected chi connectivity index (χ4v) is 12.1. The minimum atomic E-state index is -0.898. The standard InChI is InChI=1S/C40H49N5O8.C27H36N2O8.CO2.CH4/c1-5-19-52-40(49)45-32-24-34(27(3)22-30(32)38(48)44-18-8-6-11-31(44)39(45)53-36-13-7-9-20-51-36)50-21-10-12-35(46)41-29-23-33(43(4)25-29)37(47)42-28-16-14-26(2)15-17-28;1-3-13-36-27(33)29-21-17-22(34-15-8-10-23(30)31)18(2)16-19(21)25(32)28-12-6-4-9-20(28)26(29)37-24-11-5-7-14-35-24;2-1-3;/h5,14-17,22-25,31,36,39H,1,6-13,18-21H2,2-4H3,(H,41,46)(H,42,47);3,16-17,20,24,26H,1,4-15H2,2H3,(H,30,31);;1H4/t31-,36?,39?;20-,24?,26?;;/m00../s1. The molecule has 6 atom stereocenters. The molecule has 10 rings (SSSR count). The zero-order chi connectivity index (χ0) is 66.6. The van der Waals surface area contributed by atoms with Crippen LogP contribution >= 0.6 is 0 Å². The van der Waals surface area contributed by atoms with Gasteiger partial charge in [0, 0.05) is 70.2 Å². The third-order valence-electron chi connectivity index (χ3n) is 16.7. The molecular weight excluding hydrogens is 1210 g/mol. The van der Waals surface area contributed by atoms with Crippen LogP contribution in [0.5, 0.6) is 11.5 Å².